The minimum absolute atomic E-state index is 0.213. The van der Waals surface area contributed by atoms with Crippen molar-refractivity contribution in [3.05, 3.63) is 53.4 Å². The minimum Gasteiger partial charge on any atom is -0.348 e. The minimum atomic E-state index is -0.213. The number of halogens is 1. The maximum atomic E-state index is 13.3. The average molecular weight is 218 g/mol. The van der Waals surface area contributed by atoms with Crippen LogP contribution in [0.2, 0.25) is 0 Å². The van der Waals surface area contributed by atoms with Gasteiger partial charge in [-0.1, -0.05) is 18.2 Å². The van der Waals surface area contributed by atoms with Gasteiger partial charge in [-0.2, -0.15) is 0 Å². The molecule has 0 radical (unpaired) electrons. The van der Waals surface area contributed by atoms with Crippen molar-refractivity contribution in [1.29, 1.82) is 0 Å². The van der Waals surface area contributed by atoms with Crippen molar-refractivity contribution >= 4 is 6.29 Å². The molecule has 1 aromatic heterocycles. The molecule has 16 heavy (non-hydrogen) atoms. The first-order valence-electron chi connectivity index (χ1n) is 5.02. The van der Waals surface area contributed by atoms with Gasteiger partial charge in [0.2, 0.25) is 0 Å². The number of H-pyrrole nitrogens is 1. The second-order valence-corrected chi connectivity index (χ2v) is 3.48. The maximum absolute atomic E-state index is 13.3. The highest BCUT2D eigenvalue weighted by Crippen LogP contribution is 2.11. The van der Waals surface area contributed by atoms with Crippen molar-refractivity contribution in [2.45, 2.75) is 12.8 Å². The van der Waals surface area contributed by atoms with E-state index in [2.05, 4.69) is 9.97 Å². The fraction of sp³-hybridized carbons (Fsp3) is 0.167. The number of aromatic nitrogens is 2. The predicted octanol–water partition coefficient (Wildman–Crippen LogP) is 2.15. The standard InChI is InChI=1S/C12H11FN2O/c13-10-4-2-1-3-9(10)5-6-11-12(7-16)15-8-14-11/h1-4,7-8H,5-6H2,(H,14,15). The lowest BCUT2D eigenvalue weighted by molar-refractivity contribution is 0.111. The molecule has 3 nitrogen and oxygen atoms in total. The van der Waals surface area contributed by atoms with E-state index >= 15 is 0 Å². The highest BCUT2D eigenvalue weighted by atomic mass is 19.1. The first kappa shape index (κ1) is 10.5. The number of aromatic amines is 1. The van der Waals surface area contributed by atoms with Gasteiger partial charge in [0.15, 0.2) is 6.29 Å². The number of hydrogen-bond donors (Lipinski definition) is 1. The van der Waals surface area contributed by atoms with Gasteiger partial charge in [-0.05, 0) is 24.5 Å². The first-order valence-corrected chi connectivity index (χ1v) is 5.02. The van der Waals surface area contributed by atoms with Gasteiger partial charge >= 0.3 is 0 Å². The monoisotopic (exact) mass is 218 g/mol. The van der Waals surface area contributed by atoms with E-state index in [-0.39, 0.29) is 5.82 Å². The Bertz CT molecular complexity index is 493. The first-order chi connectivity index (χ1) is 7.81. The van der Waals surface area contributed by atoms with Gasteiger partial charge in [0.05, 0.1) is 6.33 Å². The van der Waals surface area contributed by atoms with Crippen LogP contribution in [0.25, 0.3) is 0 Å². The van der Waals surface area contributed by atoms with Crippen LogP contribution < -0.4 is 0 Å². The van der Waals surface area contributed by atoms with Crippen LogP contribution in [-0.4, -0.2) is 16.3 Å². The lowest BCUT2D eigenvalue weighted by atomic mass is 10.1. The normalized spacial score (nSPS) is 10.3. The molecule has 0 amide bonds. The Morgan fingerprint density at radius 3 is 2.88 bits per heavy atom. The number of aldehydes is 1. The van der Waals surface area contributed by atoms with Gasteiger partial charge in [0.1, 0.15) is 11.5 Å². The van der Waals surface area contributed by atoms with Crippen LogP contribution in [-0.2, 0) is 12.8 Å². The summed E-state index contributed by atoms with van der Waals surface area (Å²) in [6.07, 6.45) is 3.30. The van der Waals surface area contributed by atoms with Gasteiger partial charge in [0, 0.05) is 5.69 Å². The highest BCUT2D eigenvalue weighted by molar-refractivity contribution is 5.73. The fourth-order valence-electron chi connectivity index (χ4n) is 1.59. The number of aryl methyl sites for hydroxylation is 2. The summed E-state index contributed by atoms with van der Waals surface area (Å²) in [6, 6.07) is 6.63. The van der Waals surface area contributed by atoms with Crippen molar-refractivity contribution in [3.63, 3.8) is 0 Å². The second-order valence-electron chi connectivity index (χ2n) is 3.48. The van der Waals surface area contributed by atoms with Crippen LogP contribution in [0.15, 0.2) is 30.6 Å². The molecule has 1 N–H and O–H groups in total. The number of nitrogens with zero attached hydrogens (tertiary/aromatic N) is 1. The van der Waals surface area contributed by atoms with Gasteiger partial charge in [-0.3, -0.25) is 4.79 Å². The lowest BCUT2D eigenvalue weighted by Crippen LogP contribution is -1.97. The lowest BCUT2D eigenvalue weighted by Gasteiger charge is -2.01. The second kappa shape index (κ2) is 4.70. The molecule has 1 aromatic carbocycles. The van der Waals surface area contributed by atoms with Crippen molar-refractivity contribution in [3.8, 4) is 0 Å². The third-order valence-corrected chi connectivity index (χ3v) is 2.47. The van der Waals surface area contributed by atoms with Gasteiger partial charge < -0.3 is 4.98 Å². The van der Waals surface area contributed by atoms with Crippen LogP contribution in [0.3, 0.4) is 0 Å². The molecule has 0 spiro atoms. The van der Waals surface area contributed by atoms with Gasteiger partial charge in [-0.15, -0.1) is 0 Å². The van der Waals surface area contributed by atoms with E-state index in [1.54, 1.807) is 18.2 Å². The van der Waals surface area contributed by atoms with Crippen molar-refractivity contribution in [1.82, 2.24) is 9.97 Å². The van der Waals surface area contributed by atoms with E-state index < -0.39 is 0 Å². The van der Waals surface area contributed by atoms with Crippen LogP contribution in [0.1, 0.15) is 21.7 Å². The number of nitrogens with one attached hydrogen (secondary N) is 1. The van der Waals surface area contributed by atoms with Crippen LogP contribution >= 0.6 is 0 Å². The Morgan fingerprint density at radius 1 is 1.31 bits per heavy atom. The molecule has 82 valence electrons. The number of carbonyl (C=O) groups is 1. The quantitative estimate of drug-likeness (QED) is 0.799. The largest absolute Gasteiger partial charge is 0.348 e. The zero-order valence-electron chi connectivity index (χ0n) is 8.61. The summed E-state index contributed by atoms with van der Waals surface area (Å²) >= 11 is 0. The fourth-order valence-corrected chi connectivity index (χ4v) is 1.59. The Labute approximate surface area is 92.3 Å². The van der Waals surface area contributed by atoms with Crippen LogP contribution in [0.5, 0.6) is 0 Å². The molecule has 0 bridgehead atoms. The van der Waals surface area contributed by atoms with Crippen molar-refractivity contribution in [2.75, 3.05) is 0 Å². The molecule has 0 aliphatic carbocycles. The molecule has 0 saturated heterocycles. The SMILES string of the molecule is O=Cc1nc[nH]c1CCc1ccccc1F. The molecule has 0 unspecified atom stereocenters. The van der Waals surface area contributed by atoms with E-state index in [0.717, 1.165) is 5.69 Å². The van der Waals surface area contributed by atoms with E-state index in [0.29, 0.717) is 30.4 Å². The zero-order valence-corrected chi connectivity index (χ0v) is 8.61. The number of imidazole rings is 1. The summed E-state index contributed by atoms with van der Waals surface area (Å²) in [6.45, 7) is 0. The smallest absolute Gasteiger partial charge is 0.170 e. The zero-order chi connectivity index (χ0) is 11.4. The molecule has 0 fully saturated rings. The van der Waals surface area contributed by atoms with E-state index in [9.17, 15) is 9.18 Å². The van der Waals surface area contributed by atoms with Gasteiger partial charge in [-0.25, -0.2) is 9.37 Å². The van der Waals surface area contributed by atoms with E-state index in [4.69, 9.17) is 0 Å². The highest BCUT2D eigenvalue weighted by Gasteiger charge is 2.06. The molecule has 0 aliphatic heterocycles. The van der Waals surface area contributed by atoms with E-state index in [1.807, 2.05) is 0 Å². The molecule has 0 atom stereocenters. The summed E-state index contributed by atoms with van der Waals surface area (Å²) < 4.78 is 13.3. The summed E-state index contributed by atoms with van der Waals surface area (Å²) in [5, 5.41) is 0. The summed E-state index contributed by atoms with van der Waals surface area (Å²) in [4.78, 5) is 17.3. The van der Waals surface area contributed by atoms with Crippen molar-refractivity contribution < 1.29 is 9.18 Å². The number of rotatable bonds is 4. The van der Waals surface area contributed by atoms with Gasteiger partial charge in [0.25, 0.3) is 0 Å². The van der Waals surface area contributed by atoms with Crippen LogP contribution in [0.4, 0.5) is 4.39 Å². The molecule has 4 heteroatoms. The Balaban J connectivity index is 2.08. The third-order valence-electron chi connectivity index (χ3n) is 2.47. The average Bonchev–Trinajstić information content (AvgIpc) is 2.75. The van der Waals surface area contributed by atoms with Crippen LogP contribution in [0, 0.1) is 5.82 Å². The molecular formula is C12H11FN2O. The number of benzene rings is 1. The Morgan fingerprint density at radius 2 is 2.12 bits per heavy atom. The maximum Gasteiger partial charge on any atom is 0.170 e. The van der Waals surface area contributed by atoms with E-state index in [1.165, 1.54) is 12.4 Å². The number of carbonyl (C=O) groups excluding carboxylic acids is 1. The molecule has 1 heterocycles. The van der Waals surface area contributed by atoms with Crippen molar-refractivity contribution in [2.24, 2.45) is 0 Å². The molecule has 2 rings (SSSR count). The number of hydrogen-bond acceptors (Lipinski definition) is 2. The Kier molecular flexibility index (Phi) is 3.10. The third kappa shape index (κ3) is 2.16. The summed E-state index contributed by atoms with van der Waals surface area (Å²) in [7, 11) is 0. The molecule has 0 saturated carbocycles. The molecule has 0 aliphatic rings. The Hall–Kier alpha value is -1.97. The molecule has 2 aromatic rings. The summed E-state index contributed by atoms with van der Waals surface area (Å²) in [5.41, 5.74) is 1.79. The predicted molar refractivity (Wildman–Crippen MR) is 57.8 cm³/mol. The summed E-state index contributed by atoms with van der Waals surface area (Å²) in [5.74, 6) is -0.213. The topological polar surface area (TPSA) is 45.8 Å². The molecular weight excluding hydrogens is 207 g/mol.